The number of halogens is 3. The van der Waals surface area contributed by atoms with Gasteiger partial charge in [-0.15, -0.1) is 0 Å². The molecular weight excluding hydrogens is 285 g/mol. The van der Waals surface area contributed by atoms with Gasteiger partial charge in [-0.25, -0.2) is 4.98 Å². The van der Waals surface area contributed by atoms with E-state index in [9.17, 15) is 18.0 Å². The Bertz CT molecular complexity index is 651. The number of amides is 1. The Labute approximate surface area is 118 Å². The monoisotopic (exact) mass is 298 g/mol. The minimum atomic E-state index is -4.53. The molecule has 0 aromatic carbocycles. The molecule has 2 heterocycles. The van der Waals surface area contributed by atoms with Gasteiger partial charge in [-0.2, -0.15) is 18.3 Å². The van der Waals surface area contributed by atoms with E-state index in [2.05, 4.69) is 15.4 Å². The summed E-state index contributed by atoms with van der Waals surface area (Å²) in [6, 6.07) is 5.03. The van der Waals surface area contributed by atoms with Gasteiger partial charge in [0, 0.05) is 11.9 Å². The smallest absolute Gasteiger partial charge is 0.309 e. The highest BCUT2D eigenvalue weighted by atomic mass is 19.4. The Balaban J connectivity index is 2.11. The molecule has 0 bridgehead atoms. The van der Waals surface area contributed by atoms with Gasteiger partial charge in [0.2, 0.25) is 5.91 Å². The molecule has 0 spiro atoms. The average molecular weight is 298 g/mol. The zero-order valence-corrected chi connectivity index (χ0v) is 11.3. The number of hydrogen-bond donors (Lipinski definition) is 1. The van der Waals surface area contributed by atoms with Crippen molar-refractivity contribution in [3.63, 3.8) is 0 Å². The molecule has 0 saturated heterocycles. The molecule has 0 aliphatic carbocycles. The van der Waals surface area contributed by atoms with E-state index in [0.29, 0.717) is 5.82 Å². The third-order valence-corrected chi connectivity index (χ3v) is 2.81. The number of alkyl halides is 3. The molecule has 0 aliphatic heterocycles. The van der Waals surface area contributed by atoms with Crippen molar-refractivity contribution in [1.29, 1.82) is 0 Å². The zero-order valence-electron chi connectivity index (χ0n) is 11.3. The third-order valence-electron chi connectivity index (χ3n) is 2.81. The number of pyridine rings is 1. The summed E-state index contributed by atoms with van der Waals surface area (Å²) in [4.78, 5) is 16.1. The van der Waals surface area contributed by atoms with Crippen LogP contribution in [0.3, 0.4) is 0 Å². The van der Waals surface area contributed by atoms with E-state index in [1.807, 2.05) is 0 Å². The molecule has 2 aromatic heterocycles. The molecular formula is C13H13F3N4O. The molecule has 1 N–H and O–H groups in total. The number of carbonyl (C=O) groups is 1. The van der Waals surface area contributed by atoms with Crippen LogP contribution in [-0.2, 0) is 11.0 Å². The van der Waals surface area contributed by atoms with E-state index in [-0.39, 0.29) is 0 Å². The number of nitrogens with one attached hydrogen (secondary N) is 1. The SMILES string of the molecule is Cc1cccc(NC(=O)C(C)n2ccc(C(F)(F)F)n2)n1. The predicted octanol–water partition coefficient (Wildman–Crippen LogP) is 2.81. The summed E-state index contributed by atoms with van der Waals surface area (Å²) in [5.74, 6) is -0.153. The minimum Gasteiger partial charge on any atom is -0.309 e. The van der Waals surface area contributed by atoms with Gasteiger partial charge in [0.1, 0.15) is 11.9 Å². The summed E-state index contributed by atoms with van der Waals surface area (Å²) in [6.07, 6.45) is -3.41. The Morgan fingerprint density at radius 3 is 2.62 bits per heavy atom. The first-order valence-corrected chi connectivity index (χ1v) is 6.14. The number of carbonyl (C=O) groups excluding carboxylic acids is 1. The van der Waals surface area contributed by atoms with Crippen LogP contribution in [0.1, 0.15) is 24.4 Å². The van der Waals surface area contributed by atoms with E-state index in [0.717, 1.165) is 22.6 Å². The van der Waals surface area contributed by atoms with Crippen LogP contribution in [0, 0.1) is 6.92 Å². The molecule has 112 valence electrons. The number of hydrogen-bond acceptors (Lipinski definition) is 3. The second kappa shape index (κ2) is 5.55. The van der Waals surface area contributed by atoms with Gasteiger partial charge in [-0.3, -0.25) is 9.48 Å². The van der Waals surface area contributed by atoms with E-state index in [1.165, 1.54) is 6.92 Å². The largest absolute Gasteiger partial charge is 0.435 e. The van der Waals surface area contributed by atoms with Crippen molar-refractivity contribution in [3.8, 4) is 0 Å². The normalized spacial score (nSPS) is 13.0. The Morgan fingerprint density at radius 1 is 1.33 bits per heavy atom. The van der Waals surface area contributed by atoms with Gasteiger partial charge in [0.05, 0.1) is 0 Å². The maximum Gasteiger partial charge on any atom is 0.435 e. The maximum absolute atomic E-state index is 12.5. The number of aromatic nitrogens is 3. The maximum atomic E-state index is 12.5. The van der Waals surface area contributed by atoms with Crippen LogP contribution >= 0.6 is 0 Å². The third kappa shape index (κ3) is 3.59. The lowest BCUT2D eigenvalue weighted by atomic mass is 10.3. The van der Waals surface area contributed by atoms with Crippen LogP contribution in [0.15, 0.2) is 30.5 Å². The molecule has 0 radical (unpaired) electrons. The van der Waals surface area contributed by atoms with E-state index < -0.39 is 23.8 Å². The molecule has 1 atom stereocenters. The Morgan fingerprint density at radius 2 is 2.05 bits per heavy atom. The fourth-order valence-corrected chi connectivity index (χ4v) is 1.67. The molecule has 21 heavy (non-hydrogen) atoms. The van der Waals surface area contributed by atoms with Gasteiger partial charge in [-0.05, 0) is 32.0 Å². The zero-order chi connectivity index (χ0) is 15.6. The Hall–Kier alpha value is -2.38. The highest BCUT2D eigenvalue weighted by Gasteiger charge is 2.34. The quantitative estimate of drug-likeness (QED) is 0.948. The van der Waals surface area contributed by atoms with Gasteiger partial charge >= 0.3 is 6.18 Å². The highest BCUT2D eigenvalue weighted by Crippen LogP contribution is 2.27. The van der Waals surface area contributed by atoms with Crippen LogP contribution in [0.2, 0.25) is 0 Å². The minimum absolute atomic E-state index is 0.343. The van der Waals surface area contributed by atoms with Crippen LogP contribution in [0.25, 0.3) is 0 Å². The lowest BCUT2D eigenvalue weighted by molar-refractivity contribution is -0.141. The summed E-state index contributed by atoms with van der Waals surface area (Å²) >= 11 is 0. The van der Waals surface area contributed by atoms with Crippen molar-refractivity contribution in [2.75, 3.05) is 5.32 Å². The molecule has 2 rings (SSSR count). The van der Waals surface area contributed by atoms with Crippen LogP contribution in [0.5, 0.6) is 0 Å². The molecule has 8 heteroatoms. The first-order chi connectivity index (χ1) is 9.77. The summed E-state index contributed by atoms with van der Waals surface area (Å²) in [6.45, 7) is 3.22. The van der Waals surface area contributed by atoms with E-state index >= 15 is 0 Å². The first kappa shape index (κ1) is 15.0. The van der Waals surface area contributed by atoms with Gasteiger partial charge in [0.15, 0.2) is 5.69 Å². The summed E-state index contributed by atoms with van der Waals surface area (Å²) in [5.41, 5.74) is -0.310. The van der Waals surface area contributed by atoms with Gasteiger partial charge in [0.25, 0.3) is 0 Å². The van der Waals surface area contributed by atoms with Crippen LogP contribution in [-0.4, -0.2) is 20.7 Å². The number of nitrogens with zero attached hydrogens (tertiary/aromatic N) is 3. The predicted molar refractivity (Wildman–Crippen MR) is 69.5 cm³/mol. The van der Waals surface area contributed by atoms with Crippen molar-refractivity contribution in [2.24, 2.45) is 0 Å². The molecule has 0 saturated carbocycles. The van der Waals surface area contributed by atoms with Crippen LogP contribution < -0.4 is 5.32 Å². The van der Waals surface area contributed by atoms with E-state index in [4.69, 9.17) is 0 Å². The standard InChI is InChI=1S/C13H13F3N4O/c1-8-4-3-5-11(17-8)18-12(21)9(2)20-7-6-10(19-20)13(14,15)16/h3-7,9H,1-2H3,(H,17,18,21). The summed E-state index contributed by atoms with van der Waals surface area (Å²) in [5, 5.41) is 5.91. The summed E-state index contributed by atoms with van der Waals surface area (Å²) < 4.78 is 38.4. The topological polar surface area (TPSA) is 59.8 Å². The number of anilines is 1. The van der Waals surface area contributed by atoms with Crippen molar-refractivity contribution in [3.05, 3.63) is 41.9 Å². The lowest BCUT2D eigenvalue weighted by Crippen LogP contribution is -2.25. The molecule has 0 fully saturated rings. The van der Waals surface area contributed by atoms with Crippen molar-refractivity contribution in [2.45, 2.75) is 26.1 Å². The second-order valence-electron chi connectivity index (χ2n) is 4.51. The van der Waals surface area contributed by atoms with Gasteiger partial charge in [-0.1, -0.05) is 6.07 Å². The van der Waals surface area contributed by atoms with Crippen LogP contribution in [0.4, 0.5) is 19.0 Å². The van der Waals surface area contributed by atoms with Crippen molar-refractivity contribution in [1.82, 2.24) is 14.8 Å². The highest BCUT2D eigenvalue weighted by molar-refractivity contribution is 5.92. The molecule has 1 amide bonds. The van der Waals surface area contributed by atoms with Crippen molar-refractivity contribution >= 4 is 11.7 Å². The number of aryl methyl sites for hydroxylation is 1. The molecule has 1 unspecified atom stereocenters. The Kier molecular flexibility index (Phi) is 3.97. The average Bonchev–Trinajstić information content (AvgIpc) is 2.87. The van der Waals surface area contributed by atoms with Gasteiger partial charge < -0.3 is 5.32 Å². The molecule has 0 aliphatic rings. The number of rotatable bonds is 3. The molecule has 2 aromatic rings. The second-order valence-corrected chi connectivity index (χ2v) is 4.51. The fourth-order valence-electron chi connectivity index (χ4n) is 1.67. The fraction of sp³-hybridized carbons (Fsp3) is 0.308. The lowest BCUT2D eigenvalue weighted by Gasteiger charge is -2.12. The van der Waals surface area contributed by atoms with E-state index in [1.54, 1.807) is 25.1 Å². The first-order valence-electron chi connectivity index (χ1n) is 6.14. The molecule has 5 nitrogen and oxygen atoms in total. The summed E-state index contributed by atoms with van der Waals surface area (Å²) in [7, 11) is 0. The van der Waals surface area contributed by atoms with Crippen molar-refractivity contribution < 1.29 is 18.0 Å².